The molecule has 1 aromatic carbocycles. The summed E-state index contributed by atoms with van der Waals surface area (Å²) in [5.41, 5.74) is 0.261. The molecule has 0 bridgehead atoms. The van der Waals surface area contributed by atoms with E-state index in [1.54, 1.807) is 24.3 Å². The van der Waals surface area contributed by atoms with Crippen LogP contribution in [0.15, 0.2) is 40.9 Å². The quantitative estimate of drug-likeness (QED) is 0.815. The fourth-order valence-corrected chi connectivity index (χ4v) is 1.50. The predicted molar refractivity (Wildman–Crippen MR) is 55.9 cm³/mol. The number of aliphatic hydroxyl groups excluding tert-OH is 1. The Kier molecular flexibility index (Phi) is 3.43. The molecule has 0 fully saturated rings. The van der Waals surface area contributed by atoms with Gasteiger partial charge in [0.15, 0.2) is 0 Å². The monoisotopic (exact) mass is 256 g/mol. The van der Waals surface area contributed by atoms with Crippen LogP contribution in [0.25, 0.3) is 0 Å². The van der Waals surface area contributed by atoms with Gasteiger partial charge in [0.25, 0.3) is 0 Å². The van der Waals surface area contributed by atoms with Crippen LogP contribution in [0.4, 0.5) is 0 Å². The van der Waals surface area contributed by atoms with Crippen LogP contribution in [0.5, 0.6) is 0 Å². The zero-order valence-corrected chi connectivity index (χ0v) is 8.86. The van der Waals surface area contributed by atoms with E-state index in [0.29, 0.717) is 10.0 Å². The van der Waals surface area contributed by atoms with Crippen molar-refractivity contribution in [3.63, 3.8) is 0 Å². The Hall–Kier alpha value is -1.13. The second kappa shape index (κ2) is 4.39. The van der Waals surface area contributed by atoms with Gasteiger partial charge in [-0.1, -0.05) is 40.7 Å². The lowest BCUT2D eigenvalue weighted by Crippen LogP contribution is -2.09. The van der Waals surface area contributed by atoms with Crippen LogP contribution in [0.3, 0.4) is 0 Å². The lowest BCUT2D eigenvalue weighted by atomic mass is 10.0. The first-order valence-corrected chi connectivity index (χ1v) is 4.68. The SMILES string of the molecule is C=C(C(=O)O)C(O)c1ccccc1Br. The Labute approximate surface area is 89.8 Å². The molecular weight excluding hydrogens is 248 g/mol. The highest BCUT2D eigenvalue weighted by atomic mass is 79.9. The molecule has 0 radical (unpaired) electrons. The van der Waals surface area contributed by atoms with E-state index in [1.165, 1.54) is 0 Å². The molecule has 0 aliphatic rings. The first-order valence-electron chi connectivity index (χ1n) is 3.88. The smallest absolute Gasteiger partial charge is 0.333 e. The summed E-state index contributed by atoms with van der Waals surface area (Å²) in [5.74, 6) is -1.20. The Morgan fingerprint density at radius 2 is 2.00 bits per heavy atom. The van der Waals surface area contributed by atoms with E-state index in [0.717, 1.165) is 0 Å². The molecule has 14 heavy (non-hydrogen) atoms. The van der Waals surface area contributed by atoms with E-state index < -0.39 is 12.1 Å². The van der Waals surface area contributed by atoms with Gasteiger partial charge in [0.05, 0.1) is 5.57 Å². The van der Waals surface area contributed by atoms with Crippen molar-refractivity contribution in [3.05, 3.63) is 46.5 Å². The molecule has 0 heterocycles. The fraction of sp³-hybridized carbons (Fsp3) is 0.100. The third-order valence-electron chi connectivity index (χ3n) is 1.80. The number of benzene rings is 1. The van der Waals surface area contributed by atoms with Gasteiger partial charge in [-0.3, -0.25) is 0 Å². The summed E-state index contributed by atoms with van der Waals surface area (Å²) >= 11 is 3.22. The summed E-state index contributed by atoms with van der Waals surface area (Å²) in [6, 6.07) is 6.87. The molecule has 1 atom stereocenters. The molecule has 4 heteroatoms. The largest absolute Gasteiger partial charge is 0.478 e. The van der Waals surface area contributed by atoms with Crippen molar-refractivity contribution in [1.82, 2.24) is 0 Å². The summed E-state index contributed by atoms with van der Waals surface area (Å²) in [4.78, 5) is 10.6. The van der Waals surface area contributed by atoms with E-state index in [2.05, 4.69) is 22.5 Å². The first-order chi connectivity index (χ1) is 6.54. The normalized spacial score (nSPS) is 12.1. The average Bonchev–Trinajstić information content (AvgIpc) is 2.16. The standard InChI is InChI=1S/C10H9BrO3/c1-6(10(13)14)9(12)7-4-2-3-5-8(7)11/h2-5,9,12H,1H2,(H,13,14). The van der Waals surface area contributed by atoms with Gasteiger partial charge >= 0.3 is 5.97 Å². The number of aliphatic hydroxyl groups is 1. The van der Waals surface area contributed by atoms with Gasteiger partial charge < -0.3 is 10.2 Å². The minimum Gasteiger partial charge on any atom is -0.478 e. The molecular formula is C10H9BrO3. The summed E-state index contributed by atoms with van der Waals surface area (Å²) in [7, 11) is 0. The molecule has 1 aromatic rings. The molecule has 0 aliphatic carbocycles. The minimum atomic E-state index is -1.20. The van der Waals surface area contributed by atoms with Crippen LogP contribution < -0.4 is 0 Å². The van der Waals surface area contributed by atoms with Gasteiger partial charge in [0.1, 0.15) is 6.10 Å². The fourth-order valence-electron chi connectivity index (χ4n) is 1.00. The number of hydrogen-bond donors (Lipinski definition) is 2. The van der Waals surface area contributed by atoms with Crippen LogP contribution in [0.2, 0.25) is 0 Å². The highest BCUT2D eigenvalue weighted by Gasteiger charge is 2.18. The lowest BCUT2D eigenvalue weighted by Gasteiger charge is -2.12. The number of rotatable bonds is 3. The molecule has 0 aliphatic heterocycles. The molecule has 0 aromatic heterocycles. The summed E-state index contributed by atoms with van der Waals surface area (Å²) in [6.45, 7) is 3.30. The molecule has 2 N–H and O–H groups in total. The second-order valence-corrected chi connectivity index (χ2v) is 3.61. The highest BCUT2D eigenvalue weighted by Crippen LogP contribution is 2.27. The van der Waals surface area contributed by atoms with Gasteiger partial charge in [-0.15, -0.1) is 0 Å². The Bertz CT molecular complexity index is 373. The molecule has 0 spiro atoms. The summed E-state index contributed by atoms with van der Waals surface area (Å²) in [5, 5.41) is 18.3. The van der Waals surface area contributed by atoms with E-state index in [9.17, 15) is 9.90 Å². The third-order valence-corrected chi connectivity index (χ3v) is 2.53. The van der Waals surface area contributed by atoms with Crippen molar-refractivity contribution in [1.29, 1.82) is 0 Å². The van der Waals surface area contributed by atoms with Gasteiger partial charge in [0.2, 0.25) is 0 Å². The van der Waals surface area contributed by atoms with Gasteiger partial charge in [0, 0.05) is 4.47 Å². The zero-order chi connectivity index (χ0) is 10.7. The van der Waals surface area contributed by atoms with Crippen molar-refractivity contribution in [2.24, 2.45) is 0 Å². The number of carboxylic acid groups (broad SMARTS) is 1. The lowest BCUT2D eigenvalue weighted by molar-refractivity contribution is -0.133. The van der Waals surface area contributed by atoms with Crippen LogP contribution in [-0.4, -0.2) is 16.2 Å². The molecule has 74 valence electrons. The number of carboxylic acids is 1. The van der Waals surface area contributed by atoms with E-state index in [1.807, 2.05) is 0 Å². The van der Waals surface area contributed by atoms with Gasteiger partial charge in [-0.2, -0.15) is 0 Å². The van der Waals surface area contributed by atoms with Gasteiger partial charge in [-0.25, -0.2) is 4.79 Å². The number of carbonyl (C=O) groups is 1. The van der Waals surface area contributed by atoms with Crippen molar-refractivity contribution >= 4 is 21.9 Å². The van der Waals surface area contributed by atoms with Crippen LogP contribution >= 0.6 is 15.9 Å². The zero-order valence-electron chi connectivity index (χ0n) is 7.27. The van der Waals surface area contributed by atoms with Crippen LogP contribution in [0.1, 0.15) is 11.7 Å². The predicted octanol–water partition coefficient (Wildman–Crippen LogP) is 2.12. The van der Waals surface area contributed by atoms with Crippen molar-refractivity contribution in [3.8, 4) is 0 Å². The first kappa shape index (κ1) is 10.9. The second-order valence-electron chi connectivity index (χ2n) is 2.75. The Morgan fingerprint density at radius 3 is 2.50 bits per heavy atom. The highest BCUT2D eigenvalue weighted by molar-refractivity contribution is 9.10. The molecule has 1 rings (SSSR count). The maximum Gasteiger partial charge on any atom is 0.333 e. The van der Waals surface area contributed by atoms with Crippen molar-refractivity contribution in [2.45, 2.75) is 6.10 Å². The maximum absolute atomic E-state index is 10.6. The number of halogens is 1. The van der Waals surface area contributed by atoms with Gasteiger partial charge in [-0.05, 0) is 11.6 Å². The number of aliphatic carboxylic acids is 1. The maximum atomic E-state index is 10.6. The molecule has 0 amide bonds. The van der Waals surface area contributed by atoms with Crippen molar-refractivity contribution < 1.29 is 15.0 Å². The van der Waals surface area contributed by atoms with E-state index in [-0.39, 0.29) is 5.57 Å². The topological polar surface area (TPSA) is 57.5 Å². The van der Waals surface area contributed by atoms with Crippen LogP contribution in [0, 0.1) is 0 Å². The Balaban J connectivity index is 3.01. The van der Waals surface area contributed by atoms with Crippen LogP contribution in [-0.2, 0) is 4.79 Å². The summed E-state index contributed by atoms with van der Waals surface area (Å²) in [6.07, 6.45) is -1.18. The third kappa shape index (κ3) is 2.21. The average molecular weight is 257 g/mol. The Morgan fingerprint density at radius 1 is 1.43 bits per heavy atom. The summed E-state index contributed by atoms with van der Waals surface area (Å²) < 4.78 is 0.662. The van der Waals surface area contributed by atoms with Crippen molar-refractivity contribution in [2.75, 3.05) is 0 Å². The molecule has 3 nitrogen and oxygen atoms in total. The van der Waals surface area contributed by atoms with E-state index in [4.69, 9.17) is 5.11 Å². The number of hydrogen-bond acceptors (Lipinski definition) is 2. The van der Waals surface area contributed by atoms with E-state index >= 15 is 0 Å². The minimum absolute atomic E-state index is 0.239. The molecule has 1 unspecified atom stereocenters. The molecule has 0 saturated heterocycles. The molecule has 0 saturated carbocycles.